The molecule has 0 radical (unpaired) electrons. The normalized spacial score (nSPS) is 12.1. The highest BCUT2D eigenvalue weighted by atomic mass is 35.5. The van der Waals surface area contributed by atoms with Crippen LogP contribution in [0.5, 0.6) is 5.75 Å². The topological polar surface area (TPSA) is 79.8 Å². The predicted octanol–water partition coefficient (Wildman–Crippen LogP) is 3.91. The van der Waals surface area contributed by atoms with Gasteiger partial charge in [0.2, 0.25) is 0 Å². The van der Waals surface area contributed by atoms with Crippen LogP contribution < -0.4 is 15.5 Å². The molecule has 2 aromatic rings. The zero-order valence-electron chi connectivity index (χ0n) is 15.7. The van der Waals surface area contributed by atoms with E-state index < -0.39 is 17.9 Å². The van der Waals surface area contributed by atoms with Crippen molar-refractivity contribution in [3.05, 3.63) is 63.6 Å². The number of carbonyl (C=O) groups excluding carboxylic acids is 2. The Kier molecular flexibility index (Phi) is 7.84. The van der Waals surface area contributed by atoms with Crippen molar-refractivity contribution >= 4 is 41.2 Å². The van der Waals surface area contributed by atoms with Gasteiger partial charge in [-0.15, -0.1) is 0 Å². The van der Waals surface area contributed by atoms with E-state index in [1.54, 1.807) is 25.3 Å². The fourth-order valence-corrected chi connectivity index (χ4v) is 2.93. The van der Waals surface area contributed by atoms with Gasteiger partial charge in [-0.1, -0.05) is 49.2 Å². The van der Waals surface area contributed by atoms with E-state index in [0.29, 0.717) is 16.3 Å². The SMILES string of the molecule is COc1ccccc1/C=N\NC(=O)C(NC(=O)c1ccc(Cl)cc1Cl)C(C)C. The first kappa shape index (κ1) is 21.7. The Bertz CT molecular complexity index is 885. The van der Waals surface area contributed by atoms with Crippen LogP contribution in [0.3, 0.4) is 0 Å². The number of benzene rings is 2. The minimum atomic E-state index is -0.797. The molecular formula is C20H21Cl2N3O3. The van der Waals surface area contributed by atoms with E-state index in [1.807, 2.05) is 26.0 Å². The molecule has 0 spiro atoms. The first-order valence-corrected chi connectivity index (χ1v) is 9.31. The van der Waals surface area contributed by atoms with Gasteiger partial charge < -0.3 is 10.1 Å². The predicted molar refractivity (Wildman–Crippen MR) is 111 cm³/mol. The highest BCUT2D eigenvalue weighted by Crippen LogP contribution is 2.21. The quantitative estimate of drug-likeness (QED) is 0.525. The molecule has 148 valence electrons. The molecule has 2 rings (SSSR count). The molecule has 0 bridgehead atoms. The highest BCUT2D eigenvalue weighted by Gasteiger charge is 2.25. The van der Waals surface area contributed by atoms with Crippen molar-refractivity contribution in [2.45, 2.75) is 19.9 Å². The number of hydrogen-bond acceptors (Lipinski definition) is 4. The molecule has 6 nitrogen and oxygen atoms in total. The molecular weight excluding hydrogens is 401 g/mol. The van der Waals surface area contributed by atoms with Crippen LogP contribution in [-0.4, -0.2) is 31.2 Å². The average molecular weight is 422 g/mol. The molecule has 2 amide bonds. The van der Waals surface area contributed by atoms with E-state index in [1.165, 1.54) is 18.3 Å². The summed E-state index contributed by atoms with van der Waals surface area (Å²) in [5.41, 5.74) is 3.40. The lowest BCUT2D eigenvalue weighted by Crippen LogP contribution is -2.48. The minimum Gasteiger partial charge on any atom is -0.496 e. The maximum Gasteiger partial charge on any atom is 0.262 e. The Morgan fingerprint density at radius 2 is 1.86 bits per heavy atom. The average Bonchev–Trinajstić information content (AvgIpc) is 2.65. The molecule has 1 unspecified atom stereocenters. The van der Waals surface area contributed by atoms with Gasteiger partial charge in [0.05, 0.1) is 23.9 Å². The second-order valence-electron chi connectivity index (χ2n) is 6.30. The van der Waals surface area contributed by atoms with E-state index in [-0.39, 0.29) is 16.5 Å². The van der Waals surface area contributed by atoms with Crippen LogP contribution in [0.2, 0.25) is 10.0 Å². The van der Waals surface area contributed by atoms with Crippen LogP contribution in [0.1, 0.15) is 29.8 Å². The van der Waals surface area contributed by atoms with Crippen LogP contribution in [-0.2, 0) is 4.79 Å². The second-order valence-corrected chi connectivity index (χ2v) is 7.14. The lowest BCUT2D eigenvalue weighted by molar-refractivity contribution is -0.123. The Balaban J connectivity index is 2.07. The number of rotatable bonds is 7. The second kappa shape index (κ2) is 10.1. The first-order chi connectivity index (χ1) is 13.3. The lowest BCUT2D eigenvalue weighted by Gasteiger charge is -2.20. The number of nitrogens with zero attached hydrogens (tertiary/aromatic N) is 1. The van der Waals surface area contributed by atoms with Crippen molar-refractivity contribution < 1.29 is 14.3 Å². The summed E-state index contributed by atoms with van der Waals surface area (Å²) in [5.74, 6) is -0.452. The van der Waals surface area contributed by atoms with Crippen LogP contribution in [0, 0.1) is 5.92 Å². The monoisotopic (exact) mass is 421 g/mol. The molecule has 1 atom stereocenters. The van der Waals surface area contributed by atoms with Gasteiger partial charge in [-0.25, -0.2) is 5.43 Å². The van der Waals surface area contributed by atoms with Crippen molar-refractivity contribution in [1.29, 1.82) is 0 Å². The summed E-state index contributed by atoms with van der Waals surface area (Å²) in [5, 5.41) is 7.28. The summed E-state index contributed by atoms with van der Waals surface area (Å²) in [4.78, 5) is 25.0. The van der Waals surface area contributed by atoms with Gasteiger partial charge in [0, 0.05) is 10.6 Å². The number of methoxy groups -OCH3 is 1. The van der Waals surface area contributed by atoms with E-state index >= 15 is 0 Å². The molecule has 2 N–H and O–H groups in total. The lowest BCUT2D eigenvalue weighted by atomic mass is 10.0. The van der Waals surface area contributed by atoms with E-state index in [2.05, 4.69) is 15.8 Å². The number of carbonyl (C=O) groups is 2. The molecule has 2 aromatic carbocycles. The largest absolute Gasteiger partial charge is 0.496 e. The van der Waals surface area contributed by atoms with Crippen LogP contribution in [0.4, 0.5) is 0 Å². The number of para-hydroxylation sites is 1. The third kappa shape index (κ3) is 5.71. The number of hydrogen-bond donors (Lipinski definition) is 2. The fraction of sp³-hybridized carbons (Fsp3) is 0.250. The molecule has 0 fully saturated rings. The maximum atomic E-state index is 12.5. The molecule has 0 saturated heterocycles. The third-order valence-corrected chi connectivity index (χ3v) is 4.48. The van der Waals surface area contributed by atoms with Gasteiger partial charge in [-0.3, -0.25) is 9.59 Å². The van der Waals surface area contributed by atoms with Crippen molar-refractivity contribution in [2.24, 2.45) is 11.0 Å². The molecule has 0 aliphatic heterocycles. The number of nitrogens with one attached hydrogen (secondary N) is 2. The summed E-state index contributed by atoms with van der Waals surface area (Å²) in [6.45, 7) is 3.63. The fourth-order valence-electron chi connectivity index (χ4n) is 2.44. The van der Waals surface area contributed by atoms with Crippen molar-refractivity contribution in [1.82, 2.24) is 10.7 Å². The summed E-state index contributed by atoms with van der Waals surface area (Å²) in [7, 11) is 1.55. The molecule has 0 aromatic heterocycles. The smallest absolute Gasteiger partial charge is 0.262 e. The van der Waals surface area contributed by atoms with Crippen LogP contribution in [0.15, 0.2) is 47.6 Å². The minimum absolute atomic E-state index is 0.170. The number of hydrazone groups is 1. The standard InChI is InChI=1S/C20H21Cl2N3O3/c1-12(2)18(24-19(26)15-9-8-14(21)10-16(15)22)20(27)25-23-11-13-6-4-5-7-17(13)28-3/h4-12,18H,1-3H3,(H,24,26)(H,25,27)/b23-11-. The van der Waals surface area contributed by atoms with Crippen molar-refractivity contribution in [3.63, 3.8) is 0 Å². The zero-order chi connectivity index (χ0) is 20.7. The van der Waals surface area contributed by atoms with E-state index in [0.717, 1.165) is 0 Å². The summed E-state index contributed by atoms with van der Waals surface area (Å²) >= 11 is 11.9. The molecule has 0 saturated carbocycles. The van der Waals surface area contributed by atoms with Gasteiger partial charge in [0.1, 0.15) is 11.8 Å². The van der Waals surface area contributed by atoms with Gasteiger partial charge in [0.25, 0.3) is 11.8 Å². The Labute approximate surface area is 173 Å². The highest BCUT2D eigenvalue weighted by molar-refractivity contribution is 6.36. The van der Waals surface area contributed by atoms with E-state index in [9.17, 15) is 9.59 Å². The number of halogens is 2. The number of amides is 2. The molecule has 0 aliphatic carbocycles. The van der Waals surface area contributed by atoms with E-state index in [4.69, 9.17) is 27.9 Å². The molecule has 8 heteroatoms. The van der Waals surface area contributed by atoms with Gasteiger partial charge in [0.15, 0.2) is 0 Å². The third-order valence-electron chi connectivity index (χ3n) is 3.93. The summed E-state index contributed by atoms with van der Waals surface area (Å²) in [6.07, 6.45) is 1.48. The summed E-state index contributed by atoms with van der Waals surface area (Å²) < 4.78 is 5.23. The van der Waals surface area contributed by atoms with Crippen LogP contribution in [0.25, 0.3) is 0 Å². The molecule has 0 aliphatic rings. The molecule has 28 heavy (non-hydrogen) atoms. The summed E-state index contributed by atoms with van der Waals surface area (Å²) in [6, 6.07) is 11.0. The van der Waals surface area contributed by atoms with Gasteiger partial charge in [-0.05, 0) is 36.2 Å². The zero-order valence-corrected chi connectivity index (χ0v) is 17.2. The van der Waals surface area contributed by atoms with Crippen molar-refractivity contribution in [2.75, 3.05) is 7.11 Å². The van der Waals surface area contributed by atoms with Crippen LogP contribution >= 0.6 is 23.2 Å². The Morgan fingerprint density at radius 3 is 2.50 bits per heavy atom. The first-order valence-electron chi connectivity index (χ1n) is 8.55. The maximum absolute atomic E-state index is 12.5. The Morgan fingerprint density at radius 1 is 1.14 bits per heavy atom. The Hall–Kier alpha value is -2.57. The van der Waals surface area contributed by atoms with Crippen molar-refractivity contribution in [3.8, 4) is 5.75 Å². The molecule has 0 heterocycles. The van der Waals surface area contributed by atoms with Gasteiger partial charge in [-0.2, -0.15) is 5.10 Å². The number of ether oxygens (including phenoxy) is 1. The van der Waals surface area contributed by atoms with Gasteiger partial charge >= 0.3 is 0 Å².